The van der Waals surface area contributed by atoms with Crippen molar-refractivity contribution in [2.24, 2.45) is 0 Å². The second-order valence-corrected chi connectivity index (χ2v) is 7.31. The van der Waals surface area contributed by atoms with Crippen LogP contribution in [0, 0.1) is 0 Å². The zero-order chi connectivity index (χ0) is 8.32. The lowest BCUT2D eigenvalue weighted by molar-refractivity contribution is -0.937. The van der Waals surface area contributed by atoms with E-state index in [1.807, 2.05) is 13.3 Å². The Morgan fingerprint density at radius 1 is 1.23 bits per heavy atom. The van der Waals surface area contributed by atoms with Gasteiger partial charge < -0.3 is 39.6 Å². The molecule has 0 aromatic rings. The maximum Gasteiger partial charge on any atom is 0.134 e. The second kappa shape index (κ2) is 7.08. The summed E-state index contributed by atoms with van der Waals surface area (Å²) in [6.45, 7) is 8.55. The van der Waals surface area contributed by atoms with E-state index < -0.39 is 7.14 Å². The fourth-order valence-electron chi connectivity index (χ4n) is 1.58. The zero-order valence-electron chi connectivity index (χ0n) is 8.22. The summed E-state index contributed by atoms with van der Waals surface area (Å²) in [5, 5.41) is 2.33. The minimum atomic E-state index is -1.79. The molecule has 1 fully saturated rings. The van der Waals surface area contributed by atoms with Gasteiger partial charge in [0.05, 0.1) is 0 Å². The number of hydrogen-bond donors (Lipinski definition) is 2. The highest BCUT2D eigenvalue weighted by Crippen LogP contribution is 2.32. The van der Waals surface area contributed by atoms with Crippen LogP contribution in [0.2, 0.25) is 0 Å². The summed E-state index contributed by atoms with van der Waals surface area (Å²) in [6.07, 6.45) is 0.890. The number of piperazine rings is 1. The molecule has 1 aliphatic rings. The van der Waals surface area contributed by atoms with Crippen LogP contribution in [0.15, 0.2) is 0 Å². The molecule has 1 rings (SSSR count). The first-order valence-corrected chi connectivity index (χ1v) is 7.06. The highest BCUT2D eigenvalue weighted by atomic mass is 35.5. The number of rotatable bonds is 2. The molecular weight excluding hydrogens is 230 g/mol. The van der Waals surface area contributed by atoms with Gasteiger partial charge in [0.15, 0.2) is 0 Å². The highest BCUT2D eigenvalue weighted by molar-refractivity contribution is 7.62. The van der Waals surface area contributed by atoms with Crippen molar-refractivity contribution >= 4 is 7.14 Å². The fourth-order valence-corrected chi connectivity index (χ4v) is 2.97. The van der Waals surface area contributed by atoms with E-state index >= 15 is 0 Å². The van der Waals surface area contributed by atoms with Crippen molar-refractivity contribution in [1.82, 2.24) is 0 Å². The molecule has 1 aliphatic heterocycles. The van der Waals surface area contributed by atoms with Crippen molar-refractivity contribution in [2.75, 3.05) is 45.8 Å². The van der Waals surface area contributed by atoms with Crippen LogP contribution in [0.4, 0.5) is 0 Å². The topological polar surface area (TPSA) is 38.1 Å². The van der Waals surface area contributed by atoms with Crippen LogP contribution in [-0.2, 0) is 4.57 Å². The Morgan fingerprint density at radius 3 is 2.08 bits per heavy atom. The molecule has 3 nitrogen and oxygen atoms in total. The van der Waals surface area contributed by atoms with E-state index in [0.717, 1.165) is 6.29 Å². The fraction of sp³-hybridized carbons (Fsp3) is 1.00. The first-order valence-electron chi connectivity index (χ1n) is 4.27. The van der Waals surface area contributed by atoms with Gasteiger partial charge in [-0.15, -0.1) is 0 Å². The van der Waals surface area contributed by atoms with Gasteiger partial charge in [0.1, 0.15) is 39.6 Å². The molecule has 0 atom stereocenters. The third-order valence-electron chi connectivity index (χ3n) is 2.01. The van der Waals surface area contributed by atoms with Crippen LogP contribution in [-0.4, -0.2) is 45.8 Å². The lowest BCUT2D eigenvalue weighted by Gasteiger charge is -2.23. The average molecular weight is 249 g/mol. The first-order chi connectivity index (χ1) is 5.08. The van der Waals surface area contributed by atoms with Crippen LogP contribution in [0.25, 0.3) is 0 Å². The van der Waals surface area contributed by atoms with Crippen molar-refractivity contribution in [3.05, 3.63) is 0 Å². The van der Waals surface area contributed by atoms with E-state index in [1.165, 1.54) is 31.1 Å². The van der Waals surface area contributed by atoms with E-state index in [0.29, 0.717) is 0 Å². The lowest BCUT2D eigenvalue weighted by atomic mass is 10.4. The number of nitrogens with one attached hydrogen (secondary N) is 1. The summed E-state index contributed by atoms with van der Waals surface area (Å²) in [7, 11) is -1.79. The van der Waals surface area contributed by atoms with Gasteiger partial charge in [-0.1, -0.05) is 0 Å². The van der Waals surface area contributed by atoms with E-state index in [4.69, 9.17) is 0 Å². The Hall–Kier alpha value is 0.730. The average Bonchev–Trinajstić information content (AvgIpc) is 1.85. The number of halogens is 2. The van der Waals surface area contributed by atoms with Gasteiger partial charge in [-0.2, -0.15) is 0 Å². The van der Waals surface area contributed by atoms with Crippen molar-refractivity contribution in [2.45, 2.75) is 0 Å². The van der Waals surface area contributed by atoms with Crippen LogP contribution in [0.3, 0.4) is 0 Å². The van der Waals surface area contributed by atoms with Crippen LogP contribution >= 0.6 is 7.14 Å². The molecule has 0 saturated carbocycles. The SMILES string of the molecule is CP(C)(=O)C[NH+]1CC[NH2+]CC1.[Cl-].[Cl-]. The predicted octanol–water partition coefficient (Wildman–Crippen LogP) is -7.96. The Labute approximate surface area is 92.8 Å². The molecule has 0 amide bonds. The molecular formula is C7H19Cl2N2OP. The van der Waals surface area contributed by atoms with Gasteiger partial charge in [-0.05, 0) is 13.3 Å². The summed E-state index contributed by atoms with van der Waals surface area (Å²) >= 11 is 0. The number of hydrogen-bond acceptors (Lipinski definition) is 1. The van der Waals surface area contributed by atoms with Crippen molar-refractivity contribution < 1.29 is 39.6 Å². The summed E-state index contributed by atoms with van der Waals surface area (Å²) in [5.74, 6) is 0. The van der Waals surface area contributed by atoms with Crippen LogP contribution in [0.1, 0.15) is 0 Å². The molecule has 0 spiro atoms. The van der Waals surface area contributed by atoms with Gasteiger partial charge in [0, 0.05) is 0 Å². The van der Waals surface area contributed by atoms with Gasteiger partial charge in [-0.3, -0.25) is 0 Å². The molecule has 0 aromatic heterocycles. The smallest absolute Gasteiger partial charge is 0.134 e. The standard InChI is InChI=1S/C7H17N2OP.2ClH/c1-11(2,10)7-9-5-3-8-4-6-9;;/h8H,3-7H2,1-2H3;2*1H. The van der Waals surface area contributed by atoms with E-state index in [9.17, 15) is 4.57 Å². The monoisotopic (exact) mass is 248 g/mol. The largest absolute Gasteiger partial charge is 1.00 e. The molecule has 0 aliphatic carbocycles. The van der Waals surface area contributed by atoms with E-state index in [2.05, 4.69) is 5.32 Å². The molecule has 0 bridgehead atoms. The van der Waals surface area contributed by atoms with E-state index in [-0.39, 0.29) is 24.8 Å². The summed E-state index contributed by atoms with van der Waals surface area (Å²) in [5.41, 5.74) is 0. The lowest BCUT2D eigenvalue weighted by Crippen LogP contribution is -3.20. The third kappa shape index (κ3) is 7.77. The van der Waals surface area contributed by atoms with Crippen LogP contribution in [0.5, 0.6) is 0 Å². The number of nitrogens with two attached hydrogens (primary N) is 1. The Kier molecular flexibility index (Phi) is 8.81. The predicted molar refractivity (Wildman–Crippen MR) is 46.7 cm³/mol. The molecule has 0 aromatic carbocycles. The molecule has 13 heavy (non-hydrogen) atoms. The Bertz CT molecular complexity index is 168. The van der Waals surface area contributed by atoms with E-state index in [1.54, 1.807) is 0 Å². The zero-order valence-corrected chi connectivity index (χ0v) is 10.6. The van der Waals surface area contributed by atoms with Crippen molar-refractivity contribution in [3.8, 4) is 0 Å². The van der Waals surface area contributed by atoms with Gasteiger partial charge >= 0.3 is 0 Å². The summed E-state index contributed by atoms with van der Waals surface area (Å²) < 4.78 is 11.5. The summed E-state index contributed by atoms with van der Waals surface area (Å²) in [6, 6.07) is 0. The van der Waals surface area contributed by atoms with Gasteiger partial charge in [-0.25, -0.2) is 0 Å². The molecule has 0 unspecified atom stereocenters. The Morgan fingerprint density at radius 2 is 1.69 bits per heavy atom. The summed E-state index contributed by atoms with van der Waals surface area (Å²) in [4.78, 5) is 1.53. The van der Waals surface area contributed by atoms with Gasteiger partial charge in [0.2, 0.25) is 0 Å². The molecule has 1 saturated heterocycles. The van der Waals surface area contributed by atoms with Crippen molar-refractivity contribution in [3.63, 3.8) is 0 Å². The minimum absolute atomic E-state index is 0. The maximum absolute atomic E-state index is 11.5. The first kappa shape index (κ1) is 16.2. The van der Waals surface area contributed by atoms with Crippen molar-refractivity contribution in [1.29, 1.82) is 0 Å². The molecule has 6 heteroatoms. The third-order valence-corrected chi connectivity index (χ3v) is 3.22. The maximum atomic E-state index is 11.5. The normalized spacial score (nSPS) is 18.6. The minimum Gasteiger partial charge on any atom is -1.00 e. The quantitative estimate of drug-likeness (QED) is 0.469. The number of quaternary nitrogens is 2. The molecule has 1 heterocycles. The molecule has 3 N–H and O–H groups in total. The second-order valence-electron chi connectivity index (χ2n) is 3.85. The van der Waals surface area contributed by atoms with Gasteiger partial charge in [0.25, 0.3) is 0 Å². The molecule has 82 valence electrons. The highest BCUT2D eigenvalue weighted by Gasteiger charge is 2.21. The Balaban J connectivity index is 0. The molecule has 0 radical (unpaired) electrons. The van der Waals surface area contributed by atoms with Crippen LogP contribution < -0.4 is 35.0 Å².